The van der Waals surface area contributed by atoms with Gasteiger partial charge in [-0.15, -0.1) is 24.8 Å². The van der Waals surface area contributed by atoms with Crippen LogP contribution in [0.1, 0.15) is 25.6 Å². The second-order valence-electron chi connectivity index (χ2n) is 5.02. The number of nitrogens with zero attached hydrogens (tertiary/aromatic N) is 1. The highest BCUT2D eigenvalue weighted by Gasteiger charge is 1.99. The Hall–Kier alpha value is -1.13. The minimum atomic E-state index is 0. The molecule has 2 aromatic rings. The second-order valence-corrected chi connectivity index (χ2v) is 6.15. The summed E-state index contributed by atoms with van der Waals surface area (Å²) in [4.78, 5) is 3.75. The second kappa shape index (κ2) is 18.7. The minimum Gasteiger partial charge on any atom is -1.00 e. The fourth-order valence-electron chi connectivity index (χ4n) is 2.07. The lowest BCUT2D eigenvalue weighted by Crippen LogP contribution is -3.00. The average Bonchev–Trinajstić information content (AvgIpc) is 2.72. The van der Waals surface area contributed by atoms with Gasteiger partial charge < -0.3 is 23.0 Å². The molecule has 2 N–H and O–H groups in total. The number of aryl methyl sites for hydroxylation is 1. The standard InChI is InChI=1S/C10H16N2.C10H12S.3ClH/c1-3-12(4-2)10-7-5-9(11)6-8-10;1-2-10-8-6-4-3-5-7-9-11-10;;;/h5-8H,3-4,11H2,1-2H3;3-9H,2H2,1H3;3*1H. The fourth-order valence-corrected chi connectivity index (χ4v) is 2.81. The van der Waals surface area contributed by atoms with E-state index in [-0.39, 0.29) is 37.2 Å². The Labute approximate surface area is 181 Å². The summed E-state index contributed by atoms with van der Waals surface area (Å²) in [6.45, 7) is 8.58. The number of rotatable bonds is 4. The van der Waals surface area contributed by atoms with Crippen molar-refractivity contribution in [1.82, 2.24) is 0 Å². The summed E-state index contributed by atoms with van der Waals surface area (Å²) in [7, 11) is 0. The van der Waals surface area contributed by atoms with Crippen molar-refractivity contribution in [2.75, 3.05) is 23.7 Å². The number of benzene rings is 1. The van der Waals surface area contributed by atoms with Crippen molar-refractivity contribution in [3.8, 4) is 0 Å². The molecule has 0 bridgehead atoms. The summed E-state index contributed by atoms with van der Waals surface area (Å²) in [5, 5.41) is 2.17. The first-order chi connectivity index (χ1) is 11.2. The predicted molar refractivity (Wildman–Crippen MR) is 122 cm³/mol. The molecular formula is C20H31Cl3N2S. The van der Waals surface area contributed by atoms with E-state index < -0.39 is 0 Å². The van der Waals surface area contributed by atoms with E-state index in [2.05, 4.69) is 73.5 Å². The van der Waals surface area contributed by atoms with Crippen molar-refractivity contribution >= 4 is 47.5 Å². The lowest BCUT2D eigenvalue weighted by Gasteiger charge is -2.20. The minimum absolute atomic E-state index is 0. The van der Waals surface area contributed by atoms with Crippen molar-refractivity contribution in [1.29, 1.82) is 0 Å². The quantitative estimate of drug-likeness (QED) is 0.588. The maximum Gasteiger partial charge on any atom is 0.147 e. The van der Waals surface area contributed by atoms with Crippen LogP contribution < -0.4 is 23.0 Å². The van der Waals surface area contributed by atoms with E-state index in [0.717, 1.165) is 25.2 Å². The summed E-state index contributed by atoms with van der Waals surface area (Å²) >= 11 is 1.32. The Morgan fingerprint density at radius 3 is 1.88 bits per heavy atom. The zero-order valence-electron chi connectivity index (χ0n) is 15.6. The zero-order valence-corrected chi connectivity index (χ0v) is 18.9. The molecule has 1 aromatic carbocycles. The number of hydrogen-bond acceptors (Lipinski definition) is 2. The number of anilines is 2. The first-order valence-corrected chi connectivity index (χ1v) is 9.18. The van der Waals surface area contributed by atoms with E-state index in [1.807, 2.05) is 18.2 Å². The first kappa shape index (κ1) is 29.6. The van der Waals surface area contributed by atoms with Crippen molar-refractivity contribution < 1.29 is 12.4 Å². The van der Waals surface area contributed by atoms with Gasteiger partial charge in [-0.2, -0.15) is 0 Å². The predicted octanol–water partition coefficient (Wildman–Crippen LogP) is 3.13. The number of nitrogens with two attached hydrogens (primary N) is 1. The van der Waals surface area contributed by atoms with Crippen molar-refractivity contribution in [2.24, 2.45) is 0 Å². The third-order valence-electron chi connectivity index (χ3n) is 3.44. The van der Waals surface area contributed by atoms with Gasteiger partial charge in [0, 0.05) is 30.9 Å². The van der Waals surface area contributed by atoms with Crippen molar-refractivity contribution in [2.45, 2.75) is 27.2 Å². The molecule has 0 spiro atoms. The molecule has 0 aliphatic rings. The van der Waals surface area contributed by atoms with Crippen LogP contribution >= 0.6 is 36.2 Å². The molecule has 2 rings (SSSR count). The highest BCUT2D eigenvalue weighted by atomic mass is 35.5. The highest BCUT2D eigenvalue weighted by molar-refractivity contribution is 7.09. The number of hydrogen-bond donors (Lipinski definition) is 1. The molecule has 0 saturated heterocycles. The summed E-state index contributed by atoms with van der Waals surface area (Å²) in [6, 6.07) is 20.5. The molecule has 0 radical (unpaired) electrons. The molecule has 0 saturated carbocycles. The van der Waals surface area contributed by atoms with E-state index in [1.165, 1.54) is 21.9 Å². The SMILES string of the molecule is CCN(CC)c1ccc(N)cc1.CCc1ccccccc[sH+]1.Cl.Cl.[Cl-]. The van der Waals surface area contributed by atoms with E-state index in [9.17, 15) is 0 Å². The Kier molecular flexibility index (Phi) is 21.3. The third-order valence-corrected chi connectivity index (χ3v) is 4.56. The van der Waals surface area contributed by atoms with Gasteiger partial charge in [0.2, 0.25) is 0 Å². The Morgan fingerprint density at radius 2 is 1.35 bits per heavy atom. The van der Waals surface area contributed by atoms with Gasteiger partial charge in [0.25, 0.3) is 0 Å². The smallest absolute Gasteiger partial charge is 0.147 e. The van der Waals surface area contributed by atoms with Crippen LogP contribution in [0.5, 0.6) is 0 Å². The van der Waals surface area contributed by atoms with Crippen LogP contribution in [-0.4, -0.2) is 13.1 Å². The van der Waals surface area contributed by atoms with Crippen LogP contribution in [-0.2, 0) is 6.42 Å². The zero-order chi connectivity index (χ0) is 16.9. The van der Waals surface area contributed by atoms with Gasteiger partial charge in [-0.3, -0.25) is 0 Å². The number of halogens is 3. The molecule has 0 fully saturated rings. The molecule has 1 aromatic heterocycles. The molecule has 0 unspecified atom stereocenters. The third kappa shape index (κ3) is 12.3. The first-order valence-electron chi connectivity index (χ1n) is 8.21. The summed E-state index contributed by atoms with van der Waals surface area (Å²) in [5.41, 5.74) is 7.66. The monoisotopic (exact) mass is 436 g/mol. The number of nitrogen functional groups attached to an aromatic ring is 1. The molecule has 1 heterocycles. The largest absolute Gasteiger partial charge is 1.00 e. The fraction of sp³-hybridized carbons (Fsp3) is 0.300. The molecule has 0 atom stereocenters. The molecule has 2 nitrogen and oxygen atoms in total. The molecule has 26 heavy (non-hydrogen) atoms. The molecule has 148 valence electrons. The van der Waals surface area contributed by atoms with Crippen LogP contribution in [0.4, 0.5) is 11.4 Å². The molecule has 0 amide bonds. The van der Waals surface area contributed by atoms with Gasteiger partial charge in [-0.25, -0.2) is 0 Å². The Balaban J connectivity index is -0.000000366. The summed E-state index contributed by atoms with van der Waals surface area (Å²) < 4.78 is 0. The van der Waals surface area contributed by atoms with Crippen LogP contribution in [0.2, 0.25) is 0 Å². The summed E-state index contributed by atoms with van der Waals surface area (Å²) in [6.07, 6.45) is 1.14. The Morgan fingerprint density at radius 1 is 0.808 bits per heavy atom. The Bertz CT molecular complexity index is 574. The van der Waals surface area contributed by atoms with Crippen LogP contribution in [0.15, 0.2) is 66.0 Å². The average molecular weight is 438 g/mol. The van der Waals surface area contributed by atoms with Crippen LogP contribution in [0, 0.1) is 0 Å². The lowest BCUT2D eigenvalue weighted by molar-refractivity contribution is -0.00000514. The van der Waals surface area contributed by atoms with Gasteiger partial charge in [0.15, 0.2) is 0 Å². The van der Waals surface area contributed by atoms with Crippen molar-refractivity contribution in [3.63, 3.8) is 0 Å². The van der Waals surface area contributed by atoms with E-state index in [0.29, 0.717) is 0 Å². The van der Waals surface area contributed by atoms with Gasteiger partial charge >= 0.3 is 0 Å². The lowest BCUT2D eigenvalue weighted by atomic mass is 10.2. The van der Waals surface area contributed by atoms with E-state index in [4.69, 9.17) is 5.73 Å². The summed E-state index contributed by atoms with van der Waals surface area (Å²) in [5.74, 6) is 0. The van der Waals surface area contributed by atoms with Gasteiger partial charge in [0.1, 0.15) is 10.3 Å². The molecule has 0 aliphatic carbocycles. The van der Waals surface area contributed by atoms with E-state index >= 15 is 0 Å². The normalized spacial score (nSPS) is 8.27. The van der Waals surface area contributed by atoms with E-state index in [1.54, 1.807) is 0 Å². The van der Waals surface area contributed by atoms with Crippen LogP contribution in [0.25, 0.3) is 0 Å². The molecule has 6 heteroatoms. The van der Waals surface area contributed by atoms with Gasteiger partial charge in [0.05, 0.1) is 0 Å². The van der Waals surface area contributed by atoms with Crippen molar-refractivity contribution in [3.05, 3.63) is 70.9 Å². The van der Waals surface area contributed by atoms with Gasteiger partial charge in [-0.05, 0) is 61.6 Å². The van der Waals surface area contributed by atoms with Crippen LogP contribution in [0.3, 0.4) is 0 Å². The van der Waals surface area contributed by atoms with Gasteiger partial charge in [-0.1, -0.05) is 31.2 Å². The maximum absolute atomic E-state index is 5.59. The molecular weight excluding hydrogens is 407 g/mol. The maximum atomic E-state index is 5.59. The highest BCUT2D eigenvalue weighted by Crippen LogP contribution is 2.15. The molecule has 0 aliphatic heterocycles. The topological polar surface area (TPSA) is 29.3 Å².